The Kier molecular flexibility index (Phi) is 7.74. The lowest BCUT2D eigenvalue weighted by atomic mass is 9.96. The summed E-state index contributed by atoms with van der Waals surface area (Å²) in [6.45, 7) is 2.34. The fraction of sp³-hybridized carbons (Fsp3) is 0.423. The van der Waals surface area contributed by atoms with Gasteiger partial charge in [0.1, 0.15) is 17.2 Å². The summed E-state index contributed by atoms with van der Waals surface area (Å²) >= 11 is 0. The molecule has 0 spiro atoms. The first-order chi connectivity index (χ1) is 16.7. The van der Waals surface area contributed by atoms with Crippen LogP contribution in [0.3, 0.4) is 0 Å². The van der Waals surface area contributed by atoms with Crippen LogP contribution in [0.4, 0.5) is 17.6 Å². The topological polar surface area (TPSA) is 102 Å². The SMILES string of the molecule is CC(C)(F)C[C@H](N[C@@H](c1ccc(-c2ccc(CC(=O)O)cc2)cc1)C(F)(F)F)C(=O)NC1(C#N)CC1. The summed E-state index contributed by atoms with van der Waals surface area (Å²) in [6, 6.07) is 10.3. The van der Waals surface area contributed by atoms with Crippen molar-refractivity contribution in [2.45, 2.75) is 69.0 Å². The highest BCUT2D eigenvalue weighted by atomic mass is 19.4. The number of halogens is 4. The first kappa shape index (κ1) is 27.1. The lowest BCUT2D eigenvalue weighted by molar-refractivity contribution is -0.161. The molecule has 10 heteroatoms. The Morgan fingerprint density at radius 2 is 1.56 bits per heavy atom. The average Bonchev–Trinajstić information content (AvgIpc) is 3.55. The minimum atomic E-state index is -4.79. The molecule has 1 amide bonds. The monoisotopic (exact) mass is 505 g/mol. The molecule has 0 bridgehead atoms. The van der Waals surface area contributed by atoms with Crippen LogP contribution in [0.15, 0.2) is 48.5 Å². The number of hydrogen-bond donors (Lipinski definition) is 3. The molecule has 1 aliphatic carbocycles. The van der Waals surface area contributed by atoms with E-state index in [0.717, 1.165) is 0 Å². The quantitative estimate of drug-likeness (QED) is 0.401. The van der Waals surface area contributed by atoms with Gasteiger partial charge in [-0.3, -0.25) is 14.9 Å². The molecule has 0 heterocycles. The Morgan fingerprint density at radius 1 is 1.03 bits per heavy atom. The molecule has 2 aromatic carbocycles. The minimum absolute atomic E-state index is 0.141. The van der Waals surface area contributed by atoms with Gasteiger partial charge in [0, 0.05) is 6.42 Å². The van der Waals surface area contributed by atoms with Gasteiger partial charge in [-0.15, -0.1) is 0 Å². The molecule has 0 aliphatic heterocycles. The van der Waals surface area contributed by atoms with Crippen molar-refractivity contribution in [2.75, 3.05) is 0 Å². The number of alkyl halides is 4. The third-order valence-corrected chi connectivity index (χ3v) is 5.91. The molecule has 6 nitrogen and oxygen atoms in total. The molecular weight excluding hydrogens is 478 g/mol. The number of benzene rings is 2. The van der Waals surface area contributed by atoms with Crippen LogP contribution in [-0.2, 0) is 16.0 Å². The van der Waals surface area contributed by atoms with Gasteiger partial charge < -0.3 is 10.4 Å². The summed E-state index contributed by atoms with van der Waals surface area (Å²) in [5, 5.41) is 22.8. The van der Waals surface area contributed by atoms with Crippen LogP contribution in [0.2, 0.25) is 0 Å². The Hall–Kier alpha value is -3.45. The molecule has 0 aromatic heterocycles. The fourth-order valence-electron chi connectivity index (χ4n) is 3.86. The molecule has 192 valence electrons. The van der Waals surface area contributed by atoms with E-state index in [-0.39, 0.29) is 12.0 Å². The maximum Gasteiger partial charge on any atom is 0.407 e. The summed E-state index contributed by atoms with van der Waals surface area (Å²) in [4.78, 5) is 23.6. The number of nitriles is 1. The van der Waals surface area contributed by atoms with Gasteiger partial charge >= 0.3 is 12.1 Å². The van der Waals surface area contributed by atoms with Gasteiger partial charge in [-0.25, -0.2) is 4.39 Å². The van der Waals surface area contributed by atoms with Gasteiger partial charge in [-0.2, -0.15) is 18.4 Å². The maximum absolute atomic E-state index is 14.4. The zero-order valence-electron chi connectivity index (χ0n) is 19.8. The number of hydrogen-bond acceptors (Lipinski definition) is 4. The van der Waals surface area contributed by atoms with Gasteiger partial charge in [0.25, 0.3) is 0 Å². The molecule has 2 atom stereocenters. The van der Waals surface area contributed by atoms with Crippen molar-refractivity contribution in [3.05, 3.63) is 59.7 Å². The van der Waals surface area contributed by atoms with Gasteiger partial charge in [0.05, 0.1) is 18.5 Å². The number of aliphatic carboxylic acids is 1. The van der Waals surface area contributed by atoms with E-state index in [1.165, 1.54) is 38.1 Å². The van der Waals surface area contributed by atoms with Gasteiger partial charge in [0.15, 0.2) is 0 Å². The van der Waals surface area contributed by atoms with Crippen molar-refractivity contribution in [1.29, 1.82) is 5.26 Å². The number of nitrogens with zero attached hydrogens (tertiary/aromatic N) is 1. The molecule has 0 radical (unpaired) electrons. The van der Waals surface area contributed by atoms with Crippen molar-refractivity contribution in [2.24, 2.45) is 0 Å². The van der Waals surface area contributed by atoms with E-state index < -0.39 is 47.8 Å². The van der Waals surface area contributed by atoms with E-state index in [0.29, 0.717) is 29.5 Å². The van der Waals surface area contributed by atoms with E-state index in [2.05, 4.69) is 10.6 Å². The lowest BCUT2D eigenvalue weighted by Gasteiger charge is -2.30. The predicted molar refractivity (Wildman–Crippen MR) is 124 cm³/mol. The van der Waals surface area contributed by atoms with Crippen LogP contribution in [0, 0.1) is 11.3 Å². The van der Waals surface area contributed by atoms with Gasteiger partial charge in [-0.1, -0.05) is 48.5 Å². The third kappa shape index (κ3) is 7.28. The molecule has 3 N–H and O–H groups in total. The van der Waals surface area contributed by atoms with Crippen LogP contribution in [-0.4, -0.2) is 40.4 Å². The van der Waals surface area contributed by atoms with Crippen LogP contribution < -0.4 is 10.6 Å². The van der Waals surface area contributed by atoms with E-state index in [9.17, 15) is 32.4 Å². The number of carboxylic acids is 1. The largest absolute Gasteiger partial charge is 0.481 e. The molecule has 1 aliphatic rings. The van der Waals surface area contributed by atoms with Crippen molar-refractivity contribution < 1.29 is 32.3 Å². The van der Waals surface area contributed by atoms with E-state index in [1.54, 1.807) is 24.3 Å². The lowest BCUT2D eigenvalue weighted by Crippen LogP contribution is -2.53. The molecule has 0 unspecified atom stereocenters. The average molecular weight is 506 g/mol. The summed E-state index contributed by atoms with van der Waals surface area (Å²) in [6.07, 6.45) is -4.66. The van der Waals surface area contributed by atoms with E-state index in [4.69, 9.17) is 5.11 Å². The zero-order valence-corrected chi connectivity index (χ0v) is 19.8. The Balaban J connectivity index is 1.83. The van der Waals surface area contributed by atoms with E-state index >= 15 is 0 Å². The van der Waals surface area contributed by atoms with Crippen molar-refractivity contribution in [3.63, 3.8) is 0 Å². The summed E-state index contributed by atoms with van der Waals surface area (Å²) in [5.41, 5.74) is -1.31. The minimum Gasteiger partial charge on any atom is -0.481 e. The highest BCUT2D eigenvalue weighted by Crippen LogP contribution is 2.37. The predicted octanol–water partition coefficient (Wildman–Crippen LogP) is 4.85. The first-order valence-electron chi connectivity index (χ1n) is 11.4. The second kappa shape index (κ2) is 10.3. The smallest absolute Gasteiger partial charge is 0.407 e. The number of nitrogens with one attached hydrogen (secondary N) is 2. The molecule has 3 rings (SSSR count). The van der Waals surface area contributed by atoms with Crippen LogP contribution in [0.1, 0.15) is 50.3 Å². The van der Waals surface area contributed by atoms with E-state index in [1.807, 2.05) is 6.07 Å². The standard InChI is InChI=1S/C26H27F4N3O3/c1-24(2,27)14-20(23(36)33-25(15-31)11-12-25)32-22(26(28,29)30)19-9-7-18(8-10-19)17-5-3-16(4-6-17)13-21(34)35/h3-10,20,22,32H,11-14H2,1-2H3,(H,33,36)(H,34,35)/t20-,22-/m0/s1. The van der Waals surface area contributed by atoms with Gasteiger partial charge in [0.2, 0.25) is 5.91 Å². The molecular formula is C26H27F4N3O3. The van der Waals surface area contributed by atoms with Crippen LogP contribution in [0.5, 0.6) is 0 Å². The number of carboxylic acid groups (broad SMARTS) is 1. The van der Waals surface area contributed by atoms with Gasteiger partial charge in [-0.05, 0) is 48.9 Å². The number of amides is 1. The summed E-state index contributed by atoms with van der Waals surface area (Å²) in [7, 11) is 0. The maximum atomic E-state index is 14.4. The number of carbonyl (C=O) groups is 2. The molecule has 36 heavy (non-hydrogen) atoms. The van der Waals surface area contributed by atoms with Crippen LogP contribution in [0.25, 0.3) is 11.1 Å². The van der Waals surface area contributed by atoms with Crippen molar-refractivity contribution in [1.82, 2.24) is 10.6 Å². The normalized spacial score (nSPS) is 16.5. The third-order valence-electron chi connectivity index (χ3n) is 5.91. The zero-order chi connectivity index (χ0) is 26.7. The number of carbonyl (C=O) groups excluding carboxylic acids is 1. The second-order valence-corrected chi connectivity index (χ2v) is 9.69. The molecule has 0 saturated heterocycles. The van der Waals surface area contributed by atoms with Crippen molar-refractivity contribution >= 4 is 11.9 Å². The fourth-order valence-corrected chi connectivity index (χ4v) is 3.86. The number of rotatable bonds is 10. The Labute approximate surface area is 206 Å². The Bertz CT molecular complexity index is 1130. The Morgan fingerprint density at radius 3 is 1.97 bits per heavy atom. The molecule has 1 saturated carbocycles. The molecule has 2 aromatic rings. The summed E-state index contributed by atoms with van der Waals surface area (Å²) in [5.74, 6) is -1.83. The highest BCUT2D eigenvalue weighted by molar-refractivity contribution is 5.83. The molecule has 1 fully saturated rings. The first-order valence-corrected chi connectivity index (χ1v) is 11.4. The summed E-state index contributed by atoms with van der Waals surface area (Å²) < 4.78 is 56.6. The van der Waals surface area contributed by atoms with Crippen LogP contribution >= 0.6 is 0 Å². The second-order valence-electron chi connectivity index (χ2n) is 9.69. The van der Waals surface area contributed by atoms with Crippen molar-refractivity contribution in [3.8, 4) is 17.2 Å². The highest BCUT2D eigenvalue weighted by Gasteiger charge is 2.48.